The molecule has 0 amide bonds. The van der Waals surface area contributed by atoms with Gasteiger partial charge in [0.25, 0.3) is 5.65 Å². The van der Waals surface area contributed by atoms with Crippen LogP contribution in [0.5, 0.6) is 5.88 Å². The zero-order chi connectivity index (χ0) is 15.9. The number of benzene rings is 2. The molecule has 0 aliphatic carbocycles. The van der Waals surface area contributed by atoms with Crippen LogP contribution in [0.15, 0.2) is 42.6 Å². The maximum atomic E-state index is 6.33. The van der Waals surface area contributed by atoms with Gasteiger partial charge in [-0.1, -0.05) is 36.4 Å². The van der Waals surface area contributed by atoms with Crippen LogP contribution in [-0.4, -0.2) is 4.40 Å². The second kappa shape index (κ2) is 3.85. The fourth-order valence-electron chi connectivity index (χ4n) is 4.12. The van der Waals surface area contributed by atoms with E-state index >= 15 is 0 Å². The molecule has 5 rings (SSSR count). The molecule has 1 aliphatic heterocycles. The first kappa shape index (κ1) is 12.9. The van der Waals surface area contributed by atoms with Gasteiger partial charge in [0.1, 0.15) is 5.60 Å². The van der Waals surface area contributed by atoms with Crippen LogP contribution in [0.2, 0.25) is 0 Å². The topological polar surface area (TPSA) is 17.5 Å². The average molecular weight is 303 g/mol. The van der Waals surface area contributed by atoms with E-state index in [2.05, 4.69) is 79.4 Å². The third kappa shape index (κ3) is 1.43. The molecule has 23 heavy (non-hydrogen) atoms. The van der Waals surface area contributed by atoms with E-state index in [0.29, 0.717) is 0 Å². The molecule has 3 nitrogen and oxygen atoms in total. The third-order valence-corrected chi connectivity index (χ3v) is 5.12. The van der Waals surface area contributed by atoms with Crippen LogP contribution in [0.1, 0.15) is 25.0 Å². The van der Waals surface area contributed by atoms with E-state index in [-0.39, 0.29) is 5.60 Å². The summed E-state index contributed by atoms with van der Waals surface area (Å²) in [5.41, 5.74) is 4.67. The average Bonchev–Trinajstić information content (AvgIpc) is 2.83. The molecular formula is C20H19N2O+. The van der Waals surface area contributed by atoms with Gasteiger partial charge in [0, 0.05) is 16.3 Å². The van der Waals surface area contributed by atoms with Crippen molar-refractivity contribution in [2.75, 3.05) is 0 Å². The number of hydrogen-bond acceptors (Lipinski definition) is 1. The number of nitrogens with zero attached hydrogens (tertiary/aromatic N) is 2. The van der Waals surface area contributed by atoms with Gasteiger partial charge in [-0.25, -0.2) is 4.57 Å². The number of aryl methyl sites for hydroxylation is 2. The Morgan fingerprint density at radius 3 is 2.61 bits per heavy atom. The summed E-state index contributed by atoms with van der Waals surface area (Å²) in [7, 11) is 2.10. The van der Waals surface area contributed by atoms with E-state index < -0.39 is 0 Å². The molecule has 0 saturated heterocycles. The summed E-state index contributed by atoms with van der Waals surface area (Å²) >= 11 is 0. The van der Waals surface area contributed by atoms with E-state index in [1.807, 2.05) is 0 Å². The summed E-state index contributed by atoms with van der Waals surface area (Å²) in [6, 6.07) is 13.1. The summed E-state index contributed by atoms with van der Waals surface area (Å²) < 4.78 is 10.8. The minimum Gasteiger partial charge on any atom is -0.448 e. The van der Waals surface area contributed by atoms with E-state index in [4.69, 9.17) is 4.74 Å². The van der Waals surface area contributed by atoms with Crippen molar-refractivity contribution in [2.45, 2.75) is 26.4 Å². The largest absolute Gasteiger partial charge is 0.448 e. The number of para-hydroxylation sites is 1. The van der Waals surface area contributed by atoms with E-state index in [9.17, 15) is 0 Å². The smallest absolute Gasteiger partial charge is 0.331 e. The van der Waals surface area contributed by atoms with Gasteiger partial charge in [-0.3, -0.25) is 0 Å². The Bertz CT molecular complexity index is 1140. The van der Waals surface area contributed by atoms with Crippen LogP contribution in [0, 0.1) is 6.92 Å². The number of fused-ring (bicyclic) bond motifs is 3. The van der Waals surface area contributed by atoms with Gasteiger partial charge in [0.2, 0.25) is 0 Å². The van der Waals surface area contributed by atoms with Crippen molar-refractivity contribution in [1.29, 1.82) is 0 Å². The summed E-state index contributed by atoms with van der Waals surface area (Å²) in [6.07, 6.45) is 2.10. The summed E-state index contributed by atoms with van der Waals surface area (Å²) in [5.74, 6) is 0.918. The molecule has 1 aliphatic rings. The number of aromatic nitrogens is 2. The highest BCUT2D eigenvalue weighted by Crippen LogP contribution is 2.42. The number of pyridine rings is 1. The van der Waals surface area contributed by atoms with Crippen LogP contribution >= 0.6 is 0 Å². The third-order valence-electron chi connectivity index (χ3n) is 5.12. The molecule has 114 valence electrons. The maximum absolute atomic E-state index is 6.33. The molecule has 0 bridgehead atoms. The van der Waals surface area contributed by atoms with Crippen LogP contribution in [0.25, 0.3) is 27.3 Å². The lowest BCUT2D eigenvalue weighted by molar-refractivity contribution is -0.643. The van der Waals surface area contributed by atoms with Gasteiger partial charge in [-0.15, -0.1) is 0 Å². The van der Waals surface area contributed by atoms with Crippen molar-refractivity contribution in [3.8, 4) is 5.88 Å². The normalized spacial score (nSPS) is 15.7. The first-order valence-corrected chi connectivity index (χ1v) is 8.03. The molecule has 0 fully saturated rings. The maximum Gasteiger partial charge on any atom is 0.331 e. The van der Waals surface area contributed by atoms with Crippen LogP contribution < -0.4 is 9.30 Å². The molecule has 3 heteroatoms. The van der Waals surface area contributed by atoms with Gasteiger partial charge < -0.3 is 4.74 Å². The van der Waals surface area contributed by atoms with E-state index in [1.54, 1.807) is 0 Å². The number of imidazole rings is 1. The van der Waals surface area contributed by atoms with Crippen molar-refractivity contribution in [3.63, 3.8) is 0 Å². The molecule has 0 radical (unpaired) electrons. The second-order valence-corrected chi connectivity index (χ2v) is 7.05. The fourth-order valence-corrected chi connectivity index (χ4v) is 4.12. The van der Waals surface area contributed by atoms with Gasteiger partial charge >= 0.3 is 5.88 Å². The van der Waals surface area contributed by atoms with Gasteiger partial charge in [0.05, 0.1) is 12.4 Å². The standard InChI is InChI=1S/C20H19N2O/c1-12-7-5-8-13-14-9-6-10-15-18(14)22-16(23-20(15,2)3)11-21(4)19(22)17(12)13/h5-11H,1-4H3/q+1. The highest BCUT2D eigenvalue weighted by Gasteiger charge is 2.38. The predicted octanol–water partition coefficient (Wildman–Crippen LogP) is 4.01. The van der Waals surface area contributed by atoms with Crippen LogP contribution in [-0.2, 0) is 12.6 Å². The fraction of sp³-hybridized carbons (Fsp3) is 0.250. The van der Waals surface area contributed by atoms with Crippen LogP contribution in [0.4, 0.5) is 0 Å². The molecule has 2 aromatic heterocycles. The summed E-state index contributed by atoms with van der Waals surface area (Å²) in [5, 5.41) is 3.91. The van der Waals surface area contributed by atoms with Crippen molar-refractivity contribution < 1.29 is 9.30 Å². The quantitative estimate of drug-likeness (QED) is 0.354. The Balaban J connectivity index is 2.24. The van der Waals surface area contributed by atoms with Crippen LogP contribution in [0.3, 0.4) is 0 Å². The Morgan fingerprint density at radius 2 is 1.78 bits per heavy atom. The molecule has 3 heterocycles. The number of rotatable bonds is 0. The van der Waals surface area contributed by atoms with Crippen molar-refractivity contribution >= 4 is 27.3 Å². The van der Waals surface area contributed by atoms with E-state index in [1.165, 1.54) is 38.4 Å². The van der Waals surface area contributed by atoms with Gasteiger partial charge in [0.15, 0.2) is 11.7 Å². The molecule has 2 aromatic carbocycles. The van der Waals surface area contributed by atoms with Crippen molar-refractivity contribution in [1.82, 2.24) is 4.40 Å². The Hall–Kier alpha value is -2.55. The minimum atomic E-state index is -0.328. The molecule has 0 saturated carbocycles. The summed E-state index contributed by atoms with van der Waals surface area (Å²) in [4.78, 5) is 0. The molecule has 0 atom stereocenters. The minimum absolute atomic E-state index is 0.328. The van der Waals surface area contributed by atoms with Crippen molar-refractivity contribution in [3.05, 3.63) is 53.7 Å². The lowest BCUT2D eigenvalue weighted by Gasteiger charge is -2.29. The predicted molar refractivity (Wildman–Crippen MR) is 92.0 cm³/mol. The summed E-state index contributed by atoms with van der Waals surface area (Å²) in [6.45, 7) is 6.47. The number of hydrogen-bond donors (Lipinski definition) is 0. The lowest BCUT2D eigenvalue weighted by atomic mass is 9.92. The molecule has 0 spiro atoms. The Kier molecular flexibility index (Phi) is 2.17. The first-order valence-electron chi connectivity index (χ1n) is 8.03. The zero-order valence-electron chi connectivity index (χ0n) is 13.8. The van der Waals surface area contributed by atoms with Gasteiger partial charge in [-0.2, -0.15) is 4.40 Å². The molecule has 4 aromatic rings. The highest BCUT2D eigenvalue weighted by atomic mass is 16.5. The second-order valence-electron chi connectivity index (χ2n) is 7.05. The van der Waals surface area contributed by atoms with Gasteiger partial charge in [-0.05, 0) is 26.3 Å². The SMILES string of the molecule is Cc1cccc2c3cccc4c3n3c(c[n+](C)c3c12)OC4(C)C. The van der Waals surface area contributed by atoms with E-state index in [0.717, 1.165) is 5.88 Å². The molecule has 0 unspecified atom stereocenters. The highest BCUT2D eigenvalue weighted by molar-refractivity contribution is 6.13. The Labute approximate surface area is 134 Å². The van der Waals surface area contributed by atoms with Crippen molar-refractivity contribution in [2.24, 2.45) is 7.05 Å². The number of ether oxygens (including phenoxy) is 1. The molecule has 0 N–H and O–H groups in total. The Morgan fingerprint density at radius 1 is 1.04 bits per heavy atom. The first-order chi connectivity index (χ1) is 11.0. The molecular weight excluding hydrogens is 284 g/mol. The monoisotopic (exact) mass is 303 g/mol. The zero-order valence-corrected chi connectivity index (χ0v) is 13.8. The lowest BCUT2D eigenvalue weighted by Crippen LogP contribution is -2.29.